The van der Waals surface area contributed by atoms with Crippen LogP contribution in [0.5, 0.6) is 0 Å². The molecule has 0 aliphatic rings. The Kier molecular flexibility index (Phi) is 4.88. The van der Waals surface area contributed by atoms with Gasteiger partial charge in [0.1, 0.15) is 11.5 Å². The molecule has 2 heterocycles. The fourth-order valence-electron chi connectivity index (χ4n) is 1.51. The van der Waals surface area contributed by atoms with E-state index in [1.165, 1.54) is 6.08 Å². The number of aryl methyl sites for hydroxylation is 1. The second-order valence-electron chi connectivity index (χ2n) is 4.07. The van der Waals surface area contributed by atoms with E-state index >= 15 is 0 Å². The number of aromatic nitrogens is 2. The molecular formula is C14H16N4O2. The molecule has 6 nitrogen and oxygen atoms in total. The monoisotopic (exact) mass is 272 g/mol. The molecule has 0 aliphatic heterocycles. The molecule has 2 aromatic rings. The number of carbonyl (C=O) groups excluding carboxylic acids is 1. The van der Waals surface area contributed by atoms with E-state index in [1.54, 1.807) is 24.5 Å². The number of rotatable bonds is 6. The minimum Gasteiger partial charge on any atom is -0.462 e. The molecule has 0 unspecified atom stereocenters. The molecule has 6 heteroatoms. The number of nitrogens with one attached hydrogen (secondary N) is 2. The topological polar surface area (TPSA) is 80.0 Å². The van der Waals surface area contributed by atoms with Crippen LogP contribution >= 0.6 is 0 Å². The summed E-state index contributed by atoms with van der Waals surface area (Å²) in [5, 5.41) is 5.74. The smallest absolute Gasteiger partial charge is 0.244 e. The van der Waals surface area contributed by atoms with Crippen molar-refractivity contribution in [3.05, 3.63) is 48.2 Å². The van der Waals surface area contributed by atoms with Crippen molar-refractivity contribution in [3.8, 4) is 0 Å². The first-order valence-electron chi connectivity index (χ1n) is 6.27. The van der Waals surface area contributed by atoms with Crippen LogP contribution in [-0.2, 0) is 4.79 Å². The summed E-state index contributed by atoms with van der Waals surface area (Å²) in [6.07, 6.45) is 6.39. The van der Waals surface area contributed by atoms with Gasteiger partial charge in [-0.2, -0.15) is 0 Å². The molecule has 0 radical (unpaired) electrons. The zero-order valence-electron chi connectivity index (χ0n) is 11.2. The van der Waals surface area contributed by atoms with Gasteiger partial charge in [0, 0.05) is 31.6 Å². The van der Waals surface area contributed by atoms with Crippen molar-refractivity contribution in [1.29, 1.82) is 0 Å². The van der Waals surface area contributed by atoms with Crippen molar-refractivity contribution >= 4 is 17.9 Å². The van der Waals surface area contributed by atoms with E-state index in [2.05, 4.69) is 20.6 Å². The lowest BCUT2D eigenvalue weighted by Gasteiger charge is -2.04. The van der Waals surface area contributed by atoms with Gasteiger partial charge in [0.25, 0.3) is 0 Å². The number of hydrogen-bond acceptors (Lipinski definition) is 5. The van der Waals surface area contributed by atoms with E-state index in [1.807, 2.05) is 19.1 Å². The van der Waals surface area contributed by atoms with E-state index in [0.717, 1.165) is 5.76 Å². The van der Waals surface area contributed by atoms with Gasteiger partial charge in [-0.1, -0.05) is 0 Å². The number of amides is 1. The first-order chi connectivity index (χ1) is 9.74. The zero-order valence-corrected chi connectivity index (χ0v) is 11.2. The van der Waals surface area contributed by atoms with Gasteiger partial charge in [-0.25, -0.2) is 9.97 Å². The van der Waals surface area contributed by atoms with Crippen LogP contribution in [0.4, 0.5) is 5.95 Å². The summed E-state index contributed by atoms with van der Waals surface area (Å²) in [7, 11) is 0. The minimum absolute atomic E-state index is 0.171. The molecule has 1 amide bonds. The maximum Gasteiger partial charge on any atom is 0.244 e. The first-order valence-corrected chi connectivity index (χ1v) is 6.27. The molecule has 0 atom stereocenters. The second-order valence-corrected chi connectivity index (χ2v) is 4.07. The Bertz CT molecular complexity index is 578. The molecule has 0 aromatic carbocycles. The Labute approximate surface area is 116 Å². The summed E-state index contributed by atoms with van der Waals surface area (Å²) >= 11 is 0. The highest BCUT2D eigenvalue weighted by atomic mass is 16.3. The lowest BCUT2D eigenvalue weighted by molar-refractivity contribution is -0.116. The normalized spacial score (nSPS) is 10.7. The summed E-state index contributed by atoms with van der Waals surface area (Å²) in [5.41, 5.74) is 0. The third-order valence-electron chi connectivity index (χ3n) is 2.43. The maximum atomic E-state index is 11.5. The van der Waals surface area contributed by atoms with Gasteiger partial charge in [-0.15, -0.1) is 0 Å². The fraction of sp³-hybridized carbons (Fsp3) is 0.214. The molecule has 2 aromatic heterocycles. The highest BCUT2D eigenvalue weighted by Crippen LogP contribution is 2.07. The molecule has 0 aliphatic carbocycles. The number of hydrogen-bond donors (Lipinski definition) is 2. The average Bonchev–Trinajstić information content (AvgIpc) is 2.88. The Morgan fingerprint density at radius 1 is 1.30 bits per heavy atom. The standard InChI is InChI=1S/C14H16N4O2/c1-11-3-4-12(20-11)5-6-13(19)15-9-10-18-14-16-7-2-8-17-14/h2-8H,9-10H2,1H3,(H,15,19)(H,16,17,18)/b6-5-. The highest BCUT2D eigenvalue weighted by Gasteiger charge is 1.97. The predicted molar refractivity (Wildman–Crippen MR) is 76.0 cm³/mol. The Balaban J connectivity index is 1.66. The molecule has 0 spiro atoms. The van der Waals surface area contributed by atoms with E-state index in [9.17, 15) is 4.79 Å². The van der Waals surface area contributed by atoms with Crippen LogP contribution in [0.1, 0.15) is 11.5 Å². The van der Waals surface area contributed by atoms with Crippen molar-refractivity contribution in [3.63, 3.8) is 0 Å². The highest BCUT2D eigenvalue weighted by molar-refractivity contribution is 5.91. The average molecular weight is 272 g/mol. The molecule has 20 heavy (non-hydrogen) atoms. The van der Waals surface area contributed by atoms with Crippen LogP contribution in [0.15, 0.2) is 41.1 Å². The fourth-order valence-corrected chi connectivity index (χ4v) is 1.51. The van der Waals surface area contributed by atoms with Crippen molar-refractivity contribution < 1.29 is 9.21 Å². The van der Waals surface area contributed by atoms with Crippen LogP contribution in [0.2, 0.25) is 0 Å². The summed E-state index contributed by atoms with van der Waals surface area (Å²) < 4.78 is 5.32. The first kappa shape index (κ1) is 13.8. The van der Waals surface area contributed by atoms with E-state index in [-0.39, 0.29) is 5.91 Å². The van der Waals surface area contributed by atoms with Crippen molar-refractivity contribution in [1.82, 2.24) is 15.3 Å². The summed E-state index contributed by atoms with van der Waals surface area (Å²) in [4.78, 5) is 19.6. The van der Waals surface area contributed by atoms with E-state index < -0.39 is 0 Å². The largest absolute Gasteiger partial charge is 0.462 e. The molecule has 2 rings (SSSR count). The third-order valence-corrected chi connectivity index (χ3v) is 2.43. The molecule has 0 fully saturated rings. The van der Waals surface area contributed by atoms with Gasteiger partial charge in [0.2, 0.25) is 11.9 Å². The van der Waals surface area contributed by atoms with E-state index in [4.69, 9.17) is 4.42 Å². The van der Waals surface area contributed by atoms with Crippen molar-refractivity contribution in [2.45, 2.75) is 6.92 Å². The molecule has 0 saturated carbocycles. The Morgan fingerprint density at radius 2 is 2.10 bits per heavy atom. The van der Waals surface area contributed by atoms with Gasteiger partial charge in [0.05, 0.1) is 0 Å². The zero-order chi connectivity index (χ0) is 14.2. The summed E-state index contributed by atoms with van der Waals surface area (Å²) in [6.45, 7) is 2.90. The minimum atomic E-state index is -0.171. The second kappa shape index (κ2) is 7.08. The van der Waals surface area contributed by atoms with Crippen molar-refractivity contribution in [2.75, 3.05) is 18.4 Å². The molecular weight excluding hydrogens is 256 g/mol. The number of anilines is 1. The van der Waals surface area contributed by atoms with Crippen LogP contribution in [0, 0.1) is 6.92 Å². The molecule has 2 N–H and O–H groups in total. The summed E-state index contributed by atoms with van der Waals surface area (Å²) in [5.74, 6) is 1.85. The summed E-state index contributed by atoms with van der Waals surface area (Å²) in [6, 6.07) is 5.41. The number of carbonyl (C=O) groups is 1. The van der Waals surface area contributed by atoms with Crippen LogP contribution in [-0.4, -0.2) is 29.0 Å². The predicted octanol–water partition coefficient (Wildman–Crippen LogP) is 1.62. The van der Waals surface area contributed by atoms with Crippen LogP contribution in [0.3, 0.4) is 0 Å². The molecule has 0 bridgehead atoms. The molecule has 0 saturated heterocycles. The maximum absolute atomic E-state index is 11.5. The van der Waals surface area contributed by atoms with Gasteiger partial charge in [-0.05, 0) is 31.2 Å². The van der Waals surface area contributed by atoms with Gasteiger partial charge < -0.3 is 15.1 Å². The quantitative estimate of drug-likeness (QED) is 0.617. The van der Waals surface area contributed by atoms with Gasteiger partial charge in [0.15, 0.2) is 0 Å². The third kappa shape index (κ3) is 4.56. The van der Waals surface area contributed by atoms with Gasteiger partial charge >= 0.3 is 0 Å². The SMILES string of the molecule is Cc1ccc(/C=C\C(=O)NCCNc2ncccn2)o1. The lowest BCUT2D eigenvalue weighted by Crippen LogP contribution is -2.27. The van der Waals surface area contributed by atoms with Gasteiger partial charge in [-0.3, -0.25) is 4.79 Å². The number of furan rings is 1. The molecule has 104 valence electrons. The van der Waals surface area contributed by atoms with Crippen molar-refractivity contribution in [2.24, 2.45) is 0 Å². The van der Waals surface area contributed by atoms with Crippen LogP contribution in [0.25, 0.3) is 6.08 Å². The van der Waals surface area contributed by atoms with Crippen LogP contribution < -0.4 is 10.6 Å². The van der Waals surface area contributed by atoms with E-state index in [0.29, 0.717) is 24.8 Å². The lowest BCUT2D eigenvalue weighted by atomic mass is 10.4. The number of nitrogens with zero attached hydrogens (tertiary/aromatic N) is 2. The Morgan fingerprint density at radius 3 is 2.80 bits per heavy atom. The Hall–Kier alpha value is -2.63.